The monoisotopic (exact) mass is 356 g/mol. The van der Waals surface area contributed by atoms with Crippen LogP contribution in [0.15, 0.2) is 48.7 Å². The van der Waals surface area contributed by atoms with Crippen molar-refractivity contribution in [3.05, 3.63) is 59.9 Å². The van der Waals surface area contributed by atoms with Crippen molar-refractivity contribution in [2.45, 2.75) is 37.7 Å². The minimum Gasteiger partial charge on any atom is -0.506 e. The molecule has 1 amide bonds. The van der Waals surface area contributed by atoms with Gasteiger partial charge in [0.1, 0.15) is 11.4 Å². The van der Waals surface area contributed by atoms with Crippen molar-refractivity contribution in [2.24, 2.45) is 11.1 Å². The van der Waals surface area contributed by atoms with E-state index in [1.165, 1.54) is 12.3 Å². The Balaban J connectivity index is 1.77. The van der Waals surface area contributed by atoms with Crippen LogP contribution in [0.5, 0.6) is 5.75 Å². The van der Waals surface area contributed by atoms with E-state index in [1.54, 1.807) is 6.07 Å². The van der Waals surface area contributed by atoms with Crippen molar-refractivity contribution in [2.75, 3.05) is 6.61 Å². The minimum atomic E-state index is -1.04. The molecule has 0 atom stereocenters. The molecule has 1 heterocycles. The van der Waals surface area contributed by atoms with Gasteiger partial charge in [-0.15, -0.1) is 0 Å². The Labute approximate surface area is 152 Å². The second-order valence-electron chi connectivity index (χ2n) is 7.20. The smallest absolute Gasteiger partial charge is 0.404 e. The van der Waals surface area contributed by atoms with Gasteiger partial charge >= 0.3 is 6.09 Å². The highest BCUT2D eigenvalue weighted by atomic mass is 16.5. The number of aromatic hydroxyl groups is 1. The van der Waals surface area contributed by atoms with Gasteiger partial charge in [-0.3, -0.25) is 4.98 Å². The van der Waals surface area contributed by atoms with E-state index in [2.05, 4.69) is 4.98 Å². The second kappa shape index (κ2) is 7.33. The third-order valence-corrected chi connectivity index (χ3v) is 5.31. The van der Waals surface area contributed by atoms with E-state index in [1.807, 2.05) is 30.3 Å². The zero-order valence-corrected chi connectivity index (χ0v) is 14.6. The van der Waals surface area contributed by atoms with Gasteiger partial charge < -0.3 is 20.7 Å². The van der Waals surface area contributed by atoms with Gasteiger partial charge in [-0.2, -0.15) is 0 Å². The molecule has 6 heteroatoms. The number of carbonyl (C=O) groups excluding carboxylic acids is 1. The van der Waals surface area contributed by atoms with E-state index < -0.39 is 11.7 Å². The fourth-order valence-corrected chi connectivity index (χ4v) is 3.74. The van der Waals surface area contributed by atoms with Gasteiger partial charge in [-0.25, -0.2) is 4.79 Å². The number of hydrogen-bond donors (Lipinski definition) is 3. The number of ether oxygens (including phenoxy) is 1. The summed E-state index contributed by atoms with van der Waals surface area (Å²) in [5.74, 6) is 0.0708. The van der Waals surface area contributed by atoms with Crippen LogP contribution in [0.4, 0.5) is 4.79 Å². The largest absolute Gasteiger partial charge is 0.506 e. The predicted octanol–water partition coefficient (Wildman–Crippen LogP) is 2.87. The molecule has 0 aliphatic heterocycles. The first-order valence-electron chi connectivity index (χ1n) is 8.75. The fourth-order valence-electron chi connectivity index (χ4n) is 3.74. The van der Waals surface area contributed by atoms with E-state index in [0.717, 1.165) is 12.0 Å². The summed E-state index contributed by atoms with van der Waals surface area (Å²) in [6.45, 7) is 0.232. The molecule has 6 nitrogen and oxygen atoms in total. The molecule has 0 spiro atoms. The number of primary amides is 1. The zero-order valence-electron chi connectivity index (χ0n) is 14.6. The number of rotatable bonds is 5. The number of carbonyl (C=O) groups is 1. The number of aromatic nitrogens is 1. The van der Waals surface area contributed by atoms with Crippen LogP contribution >= 0.6 is 0 Å². The van der Waals surface area contributed by atoms with Crippen LogP contribution in [0.1, 0.15) is 36.9 Å². The molecule has 1 aromatic carbocycles. The van der Waals surface area contributed by atoms with Crippen LogP contribution in [0.2, 0.25) is 0 Å². The summed E-state index contributed by atoms with van der Waals surface area (Å²) in [4.78, 5) is 15.3. The molecule has 1 saturated carbocycles. The standard InChI is InChI=1S/C20H24N2O4/c21-18(24)26-14-19(12-15-4-2-1-3-5-15)8-10-20(25,11-9-19)17-7-6-16(23)13-22-17/h1-7,13,23,25H,8-12,14H2,(H2,21,24). The van der Waals surface area contributed by atoms with Crippen molar-refractivity contribution >= 4 is 6.09 Å². The highest BCUT2D eigenvalue weighted by molar-refractivity contribution is 5.64. The van der Waals surface area contributed by atoms with Gasteiger partial charge in [-0.05, 0) is 49.8 Å². The van der Waals surface area contributed by atoms with Crippen molar-refractivity contribution in [3.8, 4) is 5.75 Å². The number of amides is 1. The lowest BCUT2D eigenvalue weighted by Crippen LogP contribution is -2.42. The molecule has 138 valence electrons. The molecule has 0 saturated heterocycles. The molecule has 1 aromatic heterocycles. The molecule has 2 aromatic rings. The van der Waals surface area contributed by atoms with Crippen molar-refractivity contribution < 1.29 is 19.7 Å². The SMILES string of the molecule is NC(=O)OCC1(Cc2ccccc2)CCC(O)(c2ccc(O)cn2)CC1. The molecule has 26 heavy (non-hydrogen) atoms. The Morgan fingerprint density at radius 2 is 1.81 bits per heavy atom. The molecule has 1 aliphatic carbocycles. The van der Waals surface area contributed by atoms with Crippen LogP contribution in [0, 0.1) is 5.41 Å². The first kappa shape index (κ1) is 18.2. The molecule has 4 N–H and O–H groups in total. The average Bonchev–Trinajstić information content (AvgIpc) is 2.64. The van der Waals surface area contributed by atoms with E-state index >= 15 is 0 Å². The topological polar surface area (TPSA) is 106 Å². The number of nitrogens with zero attached hydrogens (tertiary/aromatic N) is 1. The maximum atomic E-state index is 11.1. The quantitative estimate of drug-likeness (QED) is 0.764. The summed E-state index contributed by atoms with van der Waals surface area (Å²) in [6, 6.07) is 13.2. The van der Waals surface area contributed by atoms with Crippen molar-refractivity contribution in [1.82, 2.24) is 4.98 Å². The van der Waals surface area contributed by atoms with E-state index in [0.29, 0.717) is 31.4 Å². The Morgan fingerprint density at radius 3 is 2.38 bits per heavy atom. The normalized spacial score (nSPS) is 25.6. The molecule has 0 radical (unpaired) electrons. The zero-order chi connectivity index (χ0) is 18.6. The summed E-state index contributed by atoms with van der Waals surface area (Å²) in [7, 11) is 0. The third kappa shape index (κ3) is 4.14. The Hall–Kier alpha value is -2.60. The van der Waals surface area contributed by atoms with Gasteiger partial charge in [0.25, 0.3) is 0 Å². The van der Waals surface area contributed by atoms with E-state index in [9.17, 15) is 15.0 Å². The van der Waals surface area contributed by atoms with Gasteiger partial charge in [-0.1, -0.05) is 30.3 Å². The maximum absolute atomic E-state index is 11.1. The average molecular weight is 356 g/mol. The Bertz CT molecular complexity index is 738. The minimum absolute atomic E-state index is 0.0708. The van der Waals surface area contributed by atoms with Crippen LogP contribution in [0.25, 0.3) is 0 Å². The van der Waals surface area contributed by atoms with Crippen LogP contribution in [-0.2, 0) is 16.8 Å². The molecule has 1 aliphatic rings. The predicted molar refractivity (Wildman–Crippen MR) is 96.4 cm³/mol. The lowest BCUT2D eigenvalue weighted by atomic mass is 9.65. The Morgan fingerprint density at radius 1 is 1.12 bits per heavy atom. The summed E-state index contributed by atoms with van der Waals surface area (Å²) in [5.41, 5.74) is 5.59. The van der Waals surface area contributed by atoms with Crippen molar-refractivity contribution in [1.29, 1.82) is 0 Å². The third-order valence-electron chi connectivity index (χ3n) is 5.31. The molecular weight excluding hydrogens is 332 g/mol. The molecule has 1 fully saturated rings. The Kier molecular flexibility index (Phi) is 5.13. The van der Waals surface area contributed by atoms with Gasteiger partial charge in [0.15, 0.2) is 0 Å². The summed E-state index contributed by atoms with van der Waals surface area (Å²) in [6.07, 6.45) is 3.66. The van der Waals surface area contributed by atoms with Crippen LogP contribution < -0.4 is 5.73 Å². The summed E-state index contributed by atoms with van der Waals surface area (Å²) in [5, 5.41) is 20.4. The number of benzene rings is 1. The molecule has 0 unspecified atom stereocenters. The highest BCUT2D eigenvalue weighted by Crippen LogP contribution is 2.47. The van der Waals surface area contributed by atoms with Crippen LogP contribution in [0.3, 0.4) is 0 Å². The second-order valence-corrected chi connectivity index (χ2v) is 7.20. The molecule has 0 bridgehead atoms. The highest BCUT2D eigenvalue weighted by Gasteiger charge is 2.44. The number of nitrogens with two attached hydrogens (primary N) is 1. The first-order chi connectivity index (χ1) is 12.4. The molecule has 3 rings (SSSR count). The van der Waals surface area contributed by atoms with E-state index in [-0.39, 0.29) is 17.8 Å². The summed E-state index contributed by atoms with van der Waals surface area (Å²) >= 11 is 0. The lowest BCUT2D eigenvalue weighted by molar-refractivity contribution is -0.0574. The van der Waals surface area contributed by atoms with Crippen molar-refractivity contribution in [3.63, 3.8) is 0 Å². The lowest BCUT2D eigenvalue weighted by Gasteiger charge is -2.43. The van der Waals surface area contributed by atoms with Gasteiger partial charge in [0.2, 0.25) is 0 Å². The van der Waals surface area contributed by atoms with Crippen LogP contribution in [-0.4, -0.2) is 27.9 Å². The van der Waals surface area contributed by atoms with Gasteiger partial charge in [0.05, 0.1) is 18.5 Å². The maximum Gasteiger partial charge on any atom is 0.404 e. The number of pyridine rings is 1. The first-order valence-corrected chi connectivity index (χ1v) is 8.75. The fraction of sp³-hybridized carbons (Fsp3) is 0.400. The van der Waals surface area contributed by atoms with Gasteiger partial charge in [0, 0.05) is 5.41 Å². The van der Waals surface area contributed by atoms with E-state index in [4.69, 9.17) is 10.5 Å². The number of aliphatic hydroxyl groups is 1. The molecular formula is C20H24N2O4. The number of hydrogen-bond acceptors (Lipinski definition) is 5. The summed E-state index contributed by atoms with van der Waals surface area (Å²) < 4.78 is 5.16.